The van der Waals surface area contributed by atoms with Crippen LogP contribution in [0.3, 0.4) is 0 Å². The Morgan fingerprint density at radius 1 is 1.47 bits per heavy atom. The van der Waals surface area contributed by atoms with Gasteiger partial charge in [0.05, 0.1) is 12.3 Å². The number of phenols is 1. The van der Waals surface area contributed by atoms with Crippen molar-refractivity contribution < 1.29 is 23.1 Å². The second-order valence-electron chi connectivity index (χ2n) is 3.91. The number of ether oxygens (including phenoxy) is 1. The third-order valence-electron chi connectivity index (χ3n) is 2.38. The van der Waals surface area contributed by atoms with Crippen molar-refractivity contribution in [3.63, 3.8) is 0 Å². The normalized spacial score (nSPS) is 15.9. The molecule has 1 aromatic rings. The maximum absolute atomic E-state index is 11.9. The van der Waals surface area contributed by atoms with Gasteiger partial charge in [-0.1, -0.05) is 0 Å². The Balaban J connectivity index is 2.26. The van der Waals surface area contributed by atoms with Crippen LogP contribution in [0, 0.1) is 0 Å². The molecule has 1 aromatic carbocycles. The number of aliphatic imine (C=N–C) groups is 1. The van der Waals surface area contributed by atoms with Crippen LogP contribution in [0.4, 0.5) is 5.69 Å². The maximum atomic E-state index is 11.9. The molecular weight excluding hydrogens is 272 g/mol. The number of hydrogen-bond acceptors (Lipinski definition) is 6. The molecule has 0 unspecified atom stereocenters. The lowest BCUT2D eigenvalue weighted by atomic mass is 10.3. The summed E-state index contributed by atoms with van der Waals surface area (Å²) in [7, 11) is -3.75. The largest absolute Gasteiger partial charge is 0.508 e. The lowest BCUT2D eigenvalue weighted by Crippen LogP contribution is -2.34. The zero-order valence-corrected chi connectivity index (χ0v) is 10.9. The molecule has 1 aliphatic rings. The summed E-state index contributed by atoms with van der Waals surface area (Å²) in [5, 5.41) is 9.29. The van der Waals surface area contributed by atoms with E-state index in [1.54, 1.807) is 0 Å². The first-order valence-corrected chi connectivity index (χ1v) is 6.93. The van der Waals surface area contributed by atoms with E-state index in [-0.39, 0.29) is 35.2 Å². The van der Waals surface area contributed by atoms with Gasteiger partial charge in [-0.25, -0.2) is 13.4 Å². The average Bonchev–Trinajstić information content (AvgIpc) is 2.29. The molecule has 1 heterocycles. The van der Waals surface area contributed by atoms with Gasteiger partial charge in [0.15, 0.2) is 0 Å². The molecule has 0 amide bonds. The summed E-state index contributed by atoms with van der Waals surface area (Å²) < 4.78 is 30.8. The van der Waals surface area contributed by atoms with Crippen molar-refractivity contribution in [2.75, 3.05) is 6.61 Å². The van der Waals surface area contributed by atoms with Crippen LogP contribution in [-0.2, 0) is 19.6 Å². The second kappa shape index (κ2) is 4.88. The van der Waals surface area contributed by atoms with Gasteiger partial charge in [-0.2, -0.15) is 0 Å². The lowest BCUT2D eigenvalue weighted by molar-refractivity contribution is -0.140. The summed E-state index contributed by atoms with van der Waals surface area (Å²) in [6.45, 7) is 1.31. The van der Waals surface area contributed by atoms with Gasteiger partial charge in [-0.05, 0) is 12.1 Å². The summed E-state index contributed by atoms with van der Waals surface area (Å²) >= 11 is 0. The Morgan fingerprint density at radius 3 is 2.89 bits per heavy atom. The summed E-state index contributed by atoms with van der Waals surface area (Å²) in [5.74, 6) is -0.397. The van der Waals surface area contributed by atoms with E-state index in [9.17, 15) is 18.3 Å². The van der Waals surface area contributed by atoms with Crippen LogP contribution in [0.15, 0.2) is 28.1 Å². The quantitative estimate of drug-likeness (QED) is 0.793. The molecule has 2 N–H and O–H groups in total. The molecule has 0 saturated carbocycles. The number of amidine groups is 1. The van der Waals surface area contributed by atoms with E-state index < -0.39 is 16.0 Å². The van der Waals surface area contributed by atoms with Crippen LogP contribution in [-0.4, -0.2) is 31.9 Å². The van der Waals surface area contributed by atoms with Gasteiger partial charge in [-0.15, -0.1) is 0 Å². The minimum absolute atomic E-state index is 0.0457. The first-order chi connectivity index (χ1) is 8.88. The molecule has 0 aliphatic carbocycles. The van der Waals surface area contributed by atoms with Crippen LogP contribution >= 0.6 is 0 Å². The van der Waals surface area contributed by atoms with Crippen molar-refractivity contribution >= 4 is 27.5 Å². The molecule has 0 bridgehead atoms. The molecule has 0 aromatic heterocycles. The van der Waals surface area contributed by atoms with Gasteiger partial charge < -0.3 is 9.84 Å². The first-order valence-electron chi connectivity index (χ1n) is 5.45. The number of benzene rings is 1. The predicted octanol–water partition coefficient (Wildman–Crippen LogP) is 0.667. The monoisotopic (exact) mass is 284 g/mol. The highest BCUT2D eigenvalue weighted by Gasteiger charge is 2.25. The number of nitrogens with one attached hydrogen (secondary N) is 1. The molecular formula is C11H12N2O5S. The number of phenolic OH excluding ortho intramolecular Hbond substituents is 1. The zero-order chi connectivity index (χ0) is 14.0. The van der Waals surface area contributed by atoms with Gasteiger partial charge in [-0.3, -0.25) is 9.52 Å². The molecule has 0 radical (unpaired) electrons. The van der Waals surface area contributed by atoms with Crippen molar-refractivity contribution in [3.8, 4) is 5.75 Å². The molecule has 19 heavy (non-hydrogen) atoms. The summed E-state index contributed by atoms with van der Waals surface area (Å²) in [6.07, 6.45) is 0.166. The van der Waals surface area contributed by atoms with Crippen LogP contribution in [0.2, 0.25) is 0 Å². The Labute approximate surface area is 110 Å². The van der Waals surface area contributed by atoms with Gasteiger partial charge in [0.25, 0.3) is 10.0 Å². The van der Waals surface area contributed by atoms with Crippen LogP contribution in [0.1, 0.15) is 13.3 Å². The third-order valence-corrected chi connectivity index (χ3v) is 3.80. The lowest BCUT2D eigenvalue weighted by Gasteiger charge is -2.17. The second-order valence-corrected chi connectivity index (χ2v) is 5.56. The Hall–Kier alpha value is -2.09. The standard InChI is InChI=1S/C11H12N2O5S/c1-7(14)18-5-4-11-12-9-3-2-8(15)6-10(9)19(16,17)13-11/h2-3,6,15H,4-5H2,1H3,(H,12,13). The fourth-order valence-corrected chi connectivity index (χ4v) is 2.82. The fraction of sp³-hybridized carbons (Fsp3) is 0.273. The number of sulfonamides is 1. The number of carbonyl (C=O) groups excluding carboxylic acids is 1. The van der Waals surface area contributed by atoms with Gasteiger partial charge in [0.2, 0.25) is 0 Å². The number of aromatic hydroxyl groups is 1. The molecule has 1 aliphatic heterocycles. The smallest absolute Gasteiger partial charge is 0.302 e. The van der Waals surface area contributed by atoms with Gasteiger partial charge in [0.1, 0.15) is 16.5 Å². The number of nitrogens with zero attached hydrogens (tertiary/aromatic N) is 1. The molecule has 0 spiro atoms. The highest BCUT2D eigenvalue weighted by molar-refractivity contribution is 7.90. The third kappa shape index (κ3) is 3.02. The molecule has 0 saturated heterocycles. The molecule has 7 nitrogen and oxygen atoms in total. The molecule has 0 atom stereocenters. The Bertz CT molecular complexity index is 651. The first kappa shape index (κ1) is 13.3. The van der Waals surface area contributed by atoms with Crippen LogP contribution in [0.5, 0.6) is 5.75 Å². The fourth-order valence-electron chi connectivity index (χ4n) is 1.59. The van der Waals surface area contributed by atoms with E-state index in [1.807, 2.05) is 0 Å². The maximum Gasteiger partial charge on any atom is 0.302 e. The Morgan fingerprint density at radius 2 is 2.21 bits per heavy atom. The SMILES string of the molecule is CC(=O)OCCC1=Nc2ccc(O)cc2S(=O)(=O)N1. The highest BCUT2D eigenvalue weighted by Crippen LogP contribution is 2.30. The number of fused-ring (bicyclic) bond motifs is 1. The summed E-state index contributed by atoms with van der Waals surface area (Å²) in [4.78, 5) is 14.6. The molecule has 2 rings (SSSR count). The summed E-state index contributed by atoms with van der Waals surface area (Å²) in [6, 6.07) is 3.89. The summed E-state index contributed by atoms with van der Waals surface area (Å²) in [5.41, 5.74) is 0.245. The predicted molar refractivity (Wildman–Crippen MR) is 66.8 cm³/mol. The van der Waals surface area contributed by atoms with Crippen molar-refractivity contribution in [1.29, 1.82) is 0 Å². The minimum Gasteiger partial charge on any atom is -0.508 e. The van der Waals surface area contributed by atoms with Gasteiger partial charge >= 0.3 is 5.97 Å². The highest BCUT2D eigenvalue weighted by atomic mass is 32.2. The molecule has 8 heteroatoms. The van der Waals surface area contributed by atoms with E-state index in [2.05, 4.69) is 9.71 Å². The molecule has 102 valence electrons. The van der Waals surface area contributed by atoms with Crippen molar-refractivity contribution in [2.24, 2.45) is 4.99 Å². The van der Waals surface area contributed by atoms with Crippen molar-refractivity contribution in [1.82, 2.24) is 4.72 Å². The average molecular weight is 284 g/mol. The van der Waals surface area contributed by atoms with E-state index >= 15 is 0 Å². The van der Waals surface area contributed by atoms with Gasteiger partial charge in [0, 0.05) is 19.4 Å². The van der Waals surface area contributed by atoms with E-state index in [1.165, 1.54) is 19.1 Å². The number of esters is 1. The van der Waals surface area contributed by atoms with E-state index in [0.717, 1.165) is 6.07 Å². The zero-order valence-electron chi connectivity index (χ0n) is 10.1. The molecule has 0 fully saturated rings. The number of carbonyl (C=O) groups is 1. The van der Waals surface area contributed by atoms with E-state index in [4.69, 9.17) is 4.74 Å². The minimum atomic E-state index is -3.75. The Kier molecular flexibility index (Phi) is 3.43. The number of hydrogen-bond donors (Lipinski definition) is 2. The number of rotatable bonds is 3. The van der Waals surface area contributed by atoms with Crippen LogP contribution < -0.4 is 4.72 Å². The van der Waals surface area contributed by atoms with Crippen molar-refractivity contribution in [3.05, 3.63) is 18.2 Å². The topological polar surface area (TPSA) is 105 Å². The van der Waals surface area contributed by atoms with E-state index in [0.29, 0.717) is 0 Å². The van der Waals surface area contributed by atoms with Crippen molar-refractivity contribution in [2.45, 2.75) is 18.2 Å². The van der Waals surface area contributed by atoms with Crippen LogP contribution in [0.25, 0.3) is 0 Å².